The Bertz CT molecular complexity index is 447. The van der Waals surface area contributed by atoms with Crippen molar-refractivity contribution >= 4 is 5.91 Å². The third kappa shape index (κ3) is 5.69. The topological polar surface area (TPSA) is 91.6 Å². The van der Waals surface area contributed by atoms with Gasteiger partial charge in [0.15, 0.2) is 6.61 Å². The molecule has 0 radical (unpaired) electrons. The first kappa shape index (κ1) is 16.0. The highest BCUT2D eigenvalue weighted by atomic mass is 16.5. The van der Waals surface area contributed by atoms with Gasteiger partial charge >= 0.3 is 0 Å². The van der Waals surface area contributed by atoms with Gasteiger partial charge in [0, 0.05) is 13.7 Å². The average Bonchev–Trinajstić information content (AvgIpc) is 2.46. The average molecular weight is 278 g/mol. The summed E-state index contributed by atoms with van der Waals surface area (Å²) in [7, 11) is 1.53. The van der Waals surface area contributed by atoms with Crippen LogP contribution >= 0.6 is 0 Å². The van der Waals surface area contributed by atoms with Crippen LogP contribution in [0.4, 0.5) is 0 Å². The smallest absolute Gasteiger partial charge is 0.258 e. The summed E-state index contributed by atoms with van der Waals surface area (Å²) in [6.45, 7) is 0.186. The summed E-state index contributed by atoms with van der Waals surface area (Å²) in [4.78, 5) is 11.7. The van der Waals surface area contributed by atoms with Crippen LogP contribution in [0.2, 0.25) is 0 Å². The van der Waals surface area contributed by atoms with Crippen LogP contribution in [0.3, 0.4) is 0 Å². The molecule has 1 amide bonds. The molecule has 20 heavy (non-hydrogen) atoms. The van der Waals surface area contributed by atoms with Gasteiger partial charge in [0.2, 0.25) is 0 Å². The number of amides is 1. The minimum Gasteiger partial charge on any atom is -0.484 e. The number of rotatable bonds is 8. The molecule has 0 aliphatic rings. The molecule has 1 unspecified atom stereocenters. The van der Waals surface area contributed by atoms with E-state index >= 15 is 0 Å². The van der Waals surface area contributed by atoms with E-state index in [0.717, 1.165) is 0 Å². The monoisotopic (exact) mass is 278 g/mol. The van der Waals surface area contributed by atoms with Crippen LogP contribution in [0.1, 0.15) is 12.0 Å². The van der Waals surface area contributed by atoms with E-state index in [-0.39, 0.29) is 25.2 Å². The van der Waals surface area contributed by atoms with Gasteiger partial charge in [0.1, 0.15) is 5.75 Å². The number of hydrogen-bond acceptors (Lipinski definition) is 5. The van der Waals surface area contributed by atoms with Crippen LogP contribution < -0.4 is 10.1 Å². The molecule has 1 aromatic carbocycles. The highest BCUT2D eigenvalue weighted by Crippen LogP contribution is 2.11. The van der Waals surface area contributed by atoms with Crippen LogP contribution in [0.25, 0.3) is 0 Å². The van der Waals surface area contributed by atoms with E-state index in [1.807, 2.05) is 6.07 Å². The molecule has 1 atom stereocenters. The molecule has 0 saturated carbocycles. The summed E-state index contributed by atoms with van der Waals surface area (Å²) in [5.74, 6) is 0.231. The lowest BCUT2D eigenvalue weighted by Crippen LogP contribution is -2.41. The first-order valence-electron chi connectivity index (χ1n) is 6.21. The molecule has 0 heterocycles. The summed E-state index contributed by atoms with van der Waals surface area (Å²) >= 11 is 0. The lowest BCUT2D eigenvalue weighted by atomic mass is 10.2. The number of carbonyl (C=O) groups excluding carboxylic acids is 1. The maximum Gasteiger partial charge on any atom is 0.258 e. The lowest BCUT2D eigenvalue weighted by molar-refractivity contribution is -0.124. The molecule has 0 fully saturated rings. The zero-order valence-electron chi connectivity index (χ0n) is 11.3. The Morgan fingerprint density at radius 2 is 2.15 bits per heavy atom. The number of hydrogen-bond donors (Lipinski definition) is 2. The Morgan fingerprint density at radius 3 is 2.70 bits per heavy atom. The summed E-state index contributed by atoms with van der Waals surface area (Å²) in [6.07, 6.45) is 0.427. The number of methoxy groups -OCH3 is 1. The van der Waals surface area contributed by atoms with Gasteiger partial charge < -0.3 is 19.9 Å². The number of benzene rings is 1. The SMILES string of the molecule is COCC(CCO)NC(=O)COc1ccc(C#N)cc1. The molecular weight excluding hydrogens is 260 g/mol. The van der Waals surface area contributed by atoms with Gasteiger partial charge in [-0.2, -0.15) is 5.26 Å². The standard InChI is InChI=1S/C14H18N2O4/c1-19-9-12(6-7-17)16-14(18)10-20-13-4-2-11(8-15)3-5-13/h2-5,12,17H,6-7,9-10H2,1H3,(H,16,18). The van der Waals surface area contributed by atoms with Crippen LogP contribution in [-0.2, 0) is 9.53 Å². The van der Waals surface area contributed by atoms with Crippen molar-refractivity contribution in [2.75, 3.05) is 26.9 Å². The molecule has 6 nitrogen and oxygen atoms in total. The number of nitriles is 1. The van der Waals surface area contributed by atoms with E-state index in [2.05, 4.69) is 5.32 Å². The molecule has 0 spiro atoms. The summed E-state index contributed by atoms with van der Waals surface area (Å²) in [5, 5.41) is 20.2. The van der Waals surface area contributed by atoms with E-state index in [1.165, 1.54) is 7.11 Å². The van der Waals surface area contributed by atoms with Crippen molar-refractivity contribution in [1.29, 1.82) is 5.26 Å². The second-order valence-electron chi connectivity index (χ2n) is 4.16. The Balaban J connectivity index is 2.39. The van der Waals surface area contributed by atoms with E-state index in [0.29, 0.717) is 24.3 Å². The fourth-order valence-corrected chi connectivity index (χ4v) is 1.60. The normalized spacial score (nSPS) is 11.4. The second kappa shape index (κ2) is 8.91. The Kier molecular flexibility index (Phi) is 7.11. The van der Waals surface area contributed by atoms with Crippen molar-refractivity contribution in [2.45, 2.75) is 12.5 Å². The quantitative estimate of drug-likeness (QED) is 0.720. The van der Waals surface area contributed by atoms with Gasteiger partial charge in [-0.1, -0.05) is 0 Å². The number of nitrogens with one attached hydrogen (secondary N) is 1. The predicted molar refractivity (Wildman–Crippen MR) is 72.2 cm³/mol. The molecule has 1 rings (SSSR count). The zero-order valence-corrected chi connectivity index (χ0v) is 11.3. The molecular formula is C14H18N2O4. The fraction of sp³-hybridized carbons (Fsp3) is 0.429. The number of ether oxygens (including phenoxy) is 2. The molecule has 1 aromatic rings. The minimum absolute atomic E-state index is 0.0230. The molecule has 6 heteroatoms. The van der Waals surface area contributed by atoms with Crippen LogP contribution in [0.5, 0.6) is 5.75 Å². The highest BCUT2D eigenvalue weighted by molar-refractivity contribution is 5.77. The minimum atomic E-state index is -0.287. The molecule has 0 aliphatic heterocycles. The largest absolute Gasteiger partial charge is 0.484 e. The van der Waals surface area contributed by atoms with Crippen molar-refractivity contribution in [3.8, 4) is 11.8 Å². The Morgan fingerprint density at radius 1 is 1.45 bits per heavy atom. The predicted octanol–water partition coefficient (Wildman–Crippen LogP) is 0.451. The molecule has 0 aromatic heterocycles. The van der Waals surface area contributed by atoms with Gasteiger partial charge in [-0.05, 0) is 30.7 Å². The third-order valence-corrected chi connectivity index (χ3v) is 2.56. The van der Waals surface area contributed by atoms with E-state index in [4.69, 9.17) is 19.8 Å². The zero-order chi connectivity index (χ0) is 14.8. The maximum atomic E-state index is 11.7. The van der Waals surface area contributed by atoms with E-state index in [9.17, 15) is 4.79 Å². The van der Waals surface area contributed by atoms with Crippen molar-refractivity contribution in [3.05, 3.63) is 29.8 Å². The maximum absolute atomic E-state index is 11.7. The Hall–Kier alpha value is -2.10. The van der Waals surface area contributed by atoms with Gasteiger partial charge in [-0.25, -0.2) is 0 Å². The van der Waals surface area contributed by atoms with Crippen LogP contribution in [0, 0.1) is 11.3 Å². The number of carbonyl (C=O) groups is 1. The highest BCUT2D eigenvalue weighted by Gasteiger charge is 2.12. The van der Waals surface area contributed by atoms with Crippen molar-refractivity contribution in [2.24, 2.45) is 0 Å². The van der Waals surface area contributed by atoms with E-state index < -0.39 is 0 Å². The van der Waals surface area contributed by atoms with Crippen LogP contribution in [-0.4, -0.2) is 44.0 Å². The molecule has 0 bridgehead atoms. The van der Waals surface area contributed by atoms with Gasteiger partial charge in [-0.3, -0.25) is 4.79 Å². The van der Waals surface area contributed by atoms with Gasteiger partial charge in [-0.15, -0.1) is 0 Å². The summed E-state index contributed by atoms with van der Waals surface area (Å²) < 4.78 is 10.2. The number of aliphatic hydroxyl groups is 1. The first-order valence-corrected chi connectivity index (χ1v) is 6.21. The molecule has 0 saturated heterocycles. The van der Waals surface area contributed by atoms with Gasteiger partial charge in [0.05, 0.1) is 24.3 Å². The van der Waals surface area contributed by atoms with Crippen molar-refractivity contribution < 1.29 is 19.4 Å². The fourth-order valence-electron chi connectivity index (χ4n) is 1.60. The van der Waals surface area contributed by atoms with Crippen molar-refractivity contribution in [3.63, 3.8) is 0 Å². The first-order chi connectivity index (χ1) is 9.69. The third-order valence-electron chi connectivity index (χ3n) is 2.56. The molecule has 0 aliphatic carbocycles. The summed E-state index contributed by atoms with van der Waals surface area (Å²) in [6, 6.07) is 8.26. The second-order valence-corrected chi connectivity index (χ2v) is 4.16. The van der Waals surface area contributed by atoms with Crippen molar-refractivity contribution in [1.82, 2.24) is 5.32 Å². The molecule has 2 N–H and O–H groups in total. The van der Waals surface area contributed by atoms with E-state index in [1.54, 1.807) is 24.3 Å². The lowest BCUT2D eigenvalue weighted by Gasteiger charge is -2.16. The Labute approximate surface area is 117 Å². The van der Waals surface area contributed by atoms with Crippen LogP contribution in [0.15, 0.2) is 24.3 Å². The summed E-state index contributed by atoms with van der Waals surface area (Å²) in [5.41, 5.74) is 0.532. The van der Waals surface area contributed by atoms with Gasteiger partial charge in [0.25, 0.3) is 5.91 Å². The number of nitrogens with zero attached hydrogens (tertiary/aromatic N) is 1. The molecule has 108 valence electrons. The number of aliphatic hydroxyl groups excluding tert-OH is 1.